The number of aliphatic hydroxyl groups excluding tert-OH is 4. The summed E-state index contributed by atoms with van der Waals surface area (Å²) in [6.45, 7) is 10.9. The topological polar surface area (TPSA) is 406 Å². The van der Waals surface area contributed by atoms with Gasteiger partial charge in [0.2, 0.25) is 11.8 Å². The number of unbranched alkanes of at least 4 members (excludes halogenated alkanes) is 50. The van der Waals surface area contributed by atoms with Gasteiger partial charge < -0.3 is 83.8 Å². The highest BCUT2D eigenvalue weighted by Crippen LogP contribution is 2.44. The van der Waals surface area contributed by atoms with Crippen molar-refractivity contribution in [2.24, 2.45) is 0 Å². The lowest BCUT2D eigenvalue weighted by molar-refractivity contribution is -0.297. The standard InChI is InChI=1S/C94H178N2O25P2/c1-7-13-19-25-31-37-38-44-50-56-62-68-84(103)115-78(66-60-54-48-42-35-29-23-17-11-5)72-86(105)119-92-88(96-82(101)71-77(65-59-53-47-41-34-28-22-16-10-4)114-83(102)67-61-55-49-43-36-30-24-18-12-6)93(116-79(73-97)90(92)120-122(107,108)109)113-74-80-89(106)91(118-85(104)70-76(99)64-58-52-46-40-33-27-21-15-9-3)87(94(117-80)121-123(110,111)112)95-81(100)69-75(98)63-57-51-45-39-32-26-20-14-8-2/h75-80,87-94,97-99,106H,7-74H2,1-6H3,(H,95,100)(H,96,101)(H2,107,108,109)(H2,110,111,112)/t75-,76-,77-,78-,79+,80+,87+,88+,89+,90+,91+,92+,93+,94+/m0/s1. The van der Waals surface area contributed by atoms with Crippen LogP contribution >= 0.6 is 15.6 Å². The lowest BCUT2D eigenvalue weighted by Gasteiger charge is -2.47. The first-order valence-electron chi connectivity index (χ1n) is 49.7. The molecule has 10 N–H and O–H groups in total. The minimum absolute atomic E-state index is 0.0781. The van der Waals surface area contributed by atoms with Crippen molar-refractivity contribution in [1.29, 1.82) is 0 Å². The third-order valence-electron chi connectivity index (χ3n) is 23.9. The van der Waals surface area contributed by atoms with Crippen LogP contribution in [0.25, 0.3) is 0 Å². The Morgan fingerprint density at radius 3 is 0.984 bits per heavy atom. The number of hydrogen-bond acceptors (Lipinski definition) is 21. The van der Waals surface area contributed by atoms with Gasteiger partial charge in [0.05, 0.1) is 51.1 Å². The number of esters is 4. The van der Waals surface area contributed by atoms with Crippen LogP contribution in [0.4, 0.5) is 0 Å². The van der Waals surface area contributed by atoms with Gasteiger partial charge in [-0.1, -0.05) is 375 Å². The predicted molar refractivity (Wildman–Crippen MR) is 481 cm³/mol. The molecule has 0 bridgehead atoms. The molecule has 0 aliphatic carbocycles. The van der Waals surface area contributed by atoms with E-state index < -0.39 is 176 Å². The lowest BCUT2D eigenvalue weighted by atomic mass is 9.95. The third-order valence-corrected chi connectivity index (χ3v) is 24.9. The summed E-state index contributed by atoms with van der Waals surface area (Å²) >= 11 is 0. The fourth-order valence-electron chi connectivity index (χ4n) is 16.6. The molecule has 0 aromatic rings. The molecule has 27 nitrogen and oxygen atoms in total. The number of aliphatic hydroxyl groups is 4. The van der Waals surface area contributed by atoms with Crippen molar-refractivity contribution >= 4 is 51.3 Å². The van der Waals surface area contributed by atoms with E-state index >= 15 is 9.59 Å². The van der Waals surface area contributed by atoms with Crippen LogP contribution in [0.5, 0.6) is 0 Å². The van der Waals surface area contributed by atoms with Crippen LogP contribution in [-0.2, 0) is 80.1 Å². The molecule has 2 rings (SSSR count). The fourth-order valence-corrected chi connectivity index (χ4v) is 17.6. The van der Waals surface area contributed by atoms with Gasteiger partial charge in [-0.25, -0.2) is 9.13 Å². The van der Waals surface area contributed by atoms with Gasteiger partial charge in [0.15, 0.2) is 24.8 Å². The summed E-state index contributed by atoms with van der Waals surface area (Å²) in [5, 5.41) is 51.5. The van der Waals surface area contributed by atoms with Crippen molar-refractivity contribution in [3.8, 4) is 0 Å². The molecule has 14 atom stereocenters. The zero-order valence-corrected chi connectivity index (χ0v) is 79.4. The quantitative estimate of drug-likeness (QED) is 0.0117. The number of nitrogens with one attached hydrogen (secondary N) is 2. The highest BCUT2D eigenvalue weighted by molar-refractivity contribution is 7.46. The van der Waals surface area contributed by atoms with Gasteiger partial charge in [0.1, 0.15) is 48.7 Å². The minimum atomic E-state index is -5.69. The Balaban J connectivity index is 2.84. The second kappa shape index (κ2) is 75.4. The summed E-state index contributed by atoms with van der Waals surface area (Å²) in [4.78, 5) is 128. The van der Waals surface area contributed by atoms with E-state index in [9.17, 15) is 68.3 Å². The Labute approximate surface area is 742 Å². The third kappa shape index (κ3) is 61.9. The van der Waals surface area contributed by atoms with Crippen LogP contribution in [-0.4, -0.2) is 175 Å². The van der Waals surface area contributed by atoms with Crippen molar-refractivity contribution in [3.05, 3.63) is 0 Å². The van der Waals surface area contributed by atoms with Crippen molar-refractivity contribution in [3.63, 3.8) is 0 Å². The van der Waals surface area contributed by atoms with Gasteiger partial charge in [0, 0.05) is 12.8 Å². The van der Waals surface area contributed by atoms with E-state index in [1.165, 1.54) is 64.2 Å². The Morgan fingerprint density at radius 2 is 0.626 bits per heavy atom. The molecule has 123 heavy (non-hydrogen) atoms. The first-order valence-corrected chi connectivity index (χ1v) is 52.8. The van der Waals surface area contributed by atoms with E-state index in [-0.39, 0.29) is 38.5 Å². The fraction of sp³-hybridized carbons (Fsp3) is 0.936. The van der Waals surface area contributed by atoms with Crippen LogP contribution < -0.4 is 10.6 Å². The Kier molecular flexibility index (Phi) is 71.0. The van der Waals surface area contributed by atoms with Crippen molar-refractivity contribution in [2.45, 2.75) is 551 Å². The molecule has 0 radical (unpaired) electrons. The summed E-state index contributed by atoms with van der Waals surface area (Å²) in [5.74, 6) is -5.04. The number of hydrogen-bond donors (Lipinski definition) is 10. The SMILES string of the molecule is CCCCCCCCCCCCCC(=O)O[C@@H](CCCCCCCCCCC)CC(=O)O[C@@H]1[C@@H](NC(=O)C[C@H](CCCCCCCCCCC)OC(=O)CCCCCCCCCCC)[C@H](OC[C@H]2O[C@H](OP(=O)(O)O)[C@H](NC(=O)C[C@@H](O)CCCCCCCCCCC)[C@@H](OC(=O)C[C@@H](O)CCCCCCCCCCC)[C@@H]2O)O[C@H](CO)[C@H]1OP(=O)(O)O. The lowest BCUT2D eigenvalue weighted by Crippen LogP contribution is -2.68. The maximum Gasteiger partial charge on any atom is 0.472 e. The van der Waals surface area contributed by atoms with E-state index in [4.69, 9.17) is 42.2 Å². The molecule has 2 aliphatic rings. The Morgan fingerprint density at radius 1 is 0.333 bits per heavy atom. The second-order valence-electron chi connectivity index (χ2n) is 35.5. The minimum Gasteiger partial charge on any atom is -0.462 e. The zero-order chi connectivity index (χ0) is 90.4. The van der Waals surface area contributed by atoms with E-state index in [0.717, 1.165) is 257 Å². The highest BCUT2D eigenvalue weighted by atomic mass is 31.2. The number of ether oxygens (including phenoxy) is 7. The molecule has 2 saturated heterocycles. The number of carbonyl (C=O) groups excluding carboxylic acids is 6. The van der Waals surface area contributed by atoms with Gasteiger partial charge in [-0.2, -0.15) is 0 Å². The van der Waals surface area contributed by atoms with Crippen molar-refractivity contribution < 1.29 is 120 Å². The first kappa shape index (κ1) is 116. The molecule has 0 aromatic carbocycles. The summed E-state index contributed by atoms with van der Waals surface area (Å²) in [6.07, 6.45) is 34.0. The van der Waals surface area contributed by atoms with Gasteiger partial charge >= 0.3 is 39.5 Å². The molecule has 2 aliphatic heterocycles. The van der Waals surface area contributed by atoms with Crippen LogP contribution in [0.1, 0.15) is 465 Å². The zero-order valence-electron chi connectivity index (χ0n) is 77.6. The van der Waals surface area contributed by atoms with Crippen molar-refractivity contribution in [1.82, 2.24) is 10.6 Å². The van der Waals surface area contributed by atoms with Crippen LogP contribution in [0.3, 0.4) is 0 Å². The summed E-state index contributed by atoms with van der Waals surface area (Å²) in [6, 6.07) is -3.86. The summed E-state index contributed by atoms with van der Waals surface area (Å²) in [5.41, 5.74) is 0. The van der Waals surface area contributed by atoms with E-state index in [1.54, 1.807) is 0 Å². The molecular weight excluding hydrogens is 1620 g/mol. The summed E-state index contributed by atoms with van der Waals surface area (Å²) < 4.78 is 80.1. The molecule has 0 spiro atoms. The van der Waals surface area contributed by atoms with Crippen molar-refractivity contribution in [2.75, 3.05) is 13.2 Å². The molecule has 2 fully saturated rings. The molecule has 0 unspecified atom stereocenters. The molecule has 29 heteroatoms. The van der Waals surface area contributed by atoms with Gasteiger partial charge in [0.25, 0.3) is 0 Å². The molecule has 2 amide bonds. The molecule has 0 saturated carbocycles. The molecular formula is C94H178N2O25P2. The first-order chi connectivity index (χ1) is 59.3. The average Bonchev–Trinajstić information content (AvgIpc) is 0.778. The smallest absolute Gasteiger partial charge is 0.462 e. The number of carbonyl (C=O) groups is 6. The van der Waals surface area contributed by atoms with E-state index in [1.807, 2.05) is 0 Å². The largest absolute Gasteiger partial charge is 0.472 e. The van der Waals surface area contributed by atoms with E-state index in [0.29, 0.717) is 38.5 Å². The normalized spacial score (nSPS) is 20.4. The van der Waals surface area contributed by atoms with Gasteiger partial charge in [-0.05, 0) is 51.4 Å². The average molecular weight is 1800 g/mol. The monoisotopic (exact) mass is 1800 g/mol. The summed E-state index contributed by atoms with van der Waals surface area (Å²) in [7, 11) is -11.4. The molecule has 724 valence electrons. The van der Waals surface area contributed by atoms with E-state index in [2.05, 4.69) is 52.2 Å². The van der Waals surface area contributed by atoms with Gasteiger partial charge in [-0.15, -0.1) is 0 Å². The number of phosphoric acid groups is 2. The predicted octanol–water partition coefficient (Wildman–Crippen LogP) is 20.6. The van der Waals surface area contributed by atoms with Crippen LogP contribution in [0.15, 0.2) is 0 Å². The van der Waals surface area contributed by atoms with Crippen LogP contribution in [0.2, 0.25) is 0 Å². The van der Waals surface area contributed by atoms with Crippen LogP contribution in [0, 0.1) is 0 Å². The second-order valence-corrected chi connectivity index (χ2v) is 37.9. The molecule has 0 aromatic heterocycles. The number of phosphoric ester groups is 2. The highest BCUT2D eigenvalue weighted by Gasteiger charge is 2.55. The molecule has 2 heterocycles. The Bertz CT molecular complexity index is 2710. The van der Waals surface area contributed by atoms with Gasteiger partial charge in [-0.3, -0.25) is 37.8 Å². The number of rotatable bonds is 84. The Hall–Kier alpha value is -3.24. The maximum atomic E-state index is 15.2. The maximum absolute atomic E-state index is 15.2. The number of amides is 2.